The van der Waals surface area contributed by atoms with Gasteiger partial charge >= 0.3 is 6.18 Å². The minimum Gasteiger partial charge on any atom is -0.314 e. The summed E-state index contributed by atoms with van der Waals surface area (Å²) in [5.41, 5.74) is -1.44. The van der Waals surface area contributed by atoms with E-state index in [9.17, 15) is 13.2 Å². The first-order chi connectivity index (χ1) is 4.93. The summed E-state index contributed by atoms with van der Waals surface area (Å²) < 4.78 is 36.6. The molecule has 72 valence electrons. The Hall–Kier alpha value is 0.0400. The van der Waals surface area contributed by atoms with Gasteiger partial charge < -0.3 is 5.32 Å². The second-order valence-electron chi connectivity index (χ2n) is 3.84. The second-order valence-corrected chi connectivity index (χ2v) is 3.84. The fraction of sp³-hybridized carbons (Fsp3) is 1.00. The van der Waals surface area contributed by atoms with Gasteiger partial charge in [-0.1, -0.05) is 0 Å². The van der Waals surface area contributed by atoms with E-state index < -0.39 is 11.6 Å². The van der Waals surface area contributed by atoms with E-state index in [2.05, 4.69) is 5.32 Å². The summed E-state index contributed by atoms with van der Waals surface area (Å²) in [6.45, 7) is 0. The van der Waals surface area contributed by atoms with Crippen molar-refractivity contribution in [2.24, 2.45) is 5.41 Å². The van der Waals surface area contributed by atoms with Crippen molar-refractivity contribution >= 4 is 12.4 Å². The smallest absolute Gasteiger partial charge is 0.314 e. The van der Waals surface area contributed by atoms with Gasteiger partial charge in [-0.05, 0) is 26.3 Å². The third kappa shape index (κ3) is 0.909. The van der Waals surface area contributed by atoms with Gasteiger partial charge in [0.1, 0.15) is 0 Å². The Kier molecular flexibility index (Phi) is 1.93. The van der Waals surface area contributed by atoms with E-state index in [1.807, 2.05) is 0 Å². The van der Waals surface area contributed by atoms with Crippen LogP contribution in [-0.4, -0.2) is 18.8 Å². The lowest BCUT2D eigenvalue weighted by Crippen LogP contribution is -2.77. The Morgan fingerprint density at radius 3 is 1.83 bits per heavy atom. The van der Waals surface area contributed by atoms with E-state index in [0.29, 0.717) is 19.3 Å². The number of hydrogen-bond acceptors (Lipinski definition) is 1. The summed E-state index contributed by atoms with van der Waals surface area (Å²) in [6.07, 6.45) is -3.09. The average molecular weight is 202 g/mol. The highest BCUT2D eigenvalue weighted by molar-refractivity contribution is 5.85. The fourth-order valence-corrected chi connectivity index (χ4v) is 2.35. The summed E-state index contributed by atoms with van der Waals surface area (Å²) in [4.78, 5) is 0. The molecule has 0 unspecified atom stereocenters. The van der Waals surface area contributed by atoms with Gasteiger partial charge in [0.15, 0.2) is 0 Å². The van der Waals surface area contributed by atoms with Gasteiger partial charge in [-0.3, -0.25) is 0 Å². The van der Waals surface area contributed by atoms with Crippen molar-refractivity contribution < 1.29 is 13.2 Å². The topological polar surface area (TPSA) is 12.0 Å². The highest BCUT2D eigenvalue weighted by Gasteiger charge is 2.77. The van der Waals surface area contributed by atoms with Crippen LogP contribution in [0.2, 0.25) is 0 Å². The molecular formula is C7H11ClF3N. The summed E-state index contributed by atoms with van der Waals surface area (Å²) >= 11 is 0. The van der Waals surface area contributed by atoms with Crippen LogP contribution in [0.15, 0.2) is 0 Å². The maximum atomic E-state index is 12.2. The predicted molar refractivity (Wildman–Crippen MR) is 41.4 cm³/mol. The van der Waals surface area contributed by atoms with Crippen LogP contribution in [-0.2, 0) is 0 Å². The molecule has 2 bridgehead atoms. The normalized spacial score (nSPS) is 44.0. The van der Waals surface area contributed by atoms with Gasteiger partial charge in [0.05, 0.1) is 5.41 Å². The molecule has 0 amide bonds. The molecular weight excluding hydrogens is 191 g/mol. The summed E-state index contributed by atoms with van der Waals surface area (Å²) in [6, 6.07) is 0. The van der Waals surface area contributed by atoms with E-state index in [1.165, 1.54) is 0 Å². The summed E-state index contributed by atoms with van der Waals surface area (Å²) in [5.74, 6) is 0. The zero-order chi connectivity index (χ0) is 8.33. The SMILES string of the molecule is CNC12CC(C(F)(F)F)(C1)C2.Cl. The van der Waals surface area contributed by atoms with Crippen molar-refractivity contribution in [3.05, 3.63) is 0 Å². The van der Waals surface area contributed by atoms with E-state index in [4.69, 9.17) is 0 Å². The van der Waals surface area contributed by atoms with Crippen LogP contribution in [0.3, 0.4) is 0 Å². The van der Waals surface area contributed by atoms with Crippen molar-refractivity contribution in [3.8, 4) is 0 Å². The molecule has 3 aliphatic rings. The van der Waals surface area contributed by atoms with Crippen molar-refractivity contribution in [1.82, 2.24) is 5.32 Å². The zero-order valence-electron chi connectivity index (χ0n) is 6.66. The minimum absolute atomic E-state index is 0. The molecule has 0 aromatic heterocycles. The lowest BCUT2D eigenvalue weighted by Gasteiger charge is -2.70. The highest BCUT2D eigenvalue weighted by atomic mass is 35.5. The third-order valence-electron chi connectivity index (χ3n) is 3.16. The Morgan fingerprint density at radius 1 is 1.17 bits per heavy atom. The van der Waals surface area contributed by atoms with Crippen LogP contribution in [0, 0.1) is 5.41 Å². The van der Waals surface area contributed by atoms with Crippen LogP contribution in [0.5, 0.6) is 0 Å². The lowest BCUT2D eigenvalue weighted by molar-refractivity contribution is -0.338. The van der Waals surface area contributed by atoms with Gasteiger partial charge in [-0.2, -0.15) is 13.2 Å². The molecule has 0 aromatic rings. The van der Waals surface area contributed by atoms with Gasteiger partial charge in [0.2, 0.25) is 0 Å². The molecule has 1 nitrogen and oxygen atoms in total. The van der Waals surface area contributed by atoms with Crippen molar-refractivity contribution in [1.29, 1.82) is 0 Å². The third-order valence-corrected chi connectivity index (χ3v) is 3.16. The lowest BCUT2D eigenvalue weighted by atomic mass is 9.39. The van der Waals surface area contributed by atoms with Crippen LogP contribution in [0.4, 0.5) is 13.2 Å². The minimum atomic E-state index is -3.97. The first kappa shape index (κ1) is 10.1. The number of alkyl halides is 3. The monoisotopic (exact) mass is 201 g/mol. The maximum absolute atomic E-state index is 12.2. The van der Waals surface area contributed by atoms with E-state index in [1.54, 1.807) is 7.05 Å². The Labute approximate surface area is 75.1 Å². The van der Waals surface area contributed by atoms with Gasteiger partial charge in [0, 0.05) is 5.54 Å². The van der Waals surface area contributed by atoms with E-state index in [0.717, 1.165) is 0 Å². The summed E-state index contributed by atoms with van der Waals surface area (Å²) in [7, 11) is 1.74. The standard InChI is InChI=1S/C7H10F3N.ClH/c1-11-6-2-5(3-6,4-6)7(8,9)10;/h11H,2-4H2,1H3;1H. The average Bonchev–Trinajstić information content (AvgIpc) is 1.53. The molecule has 0 spiro atoms. The van der Waals surface area contributed by atoms with Crippen LogP contribution < -0.4 is 5.32 Å². The zero-order valence-corrected chi connectivity index (χ0v) is 7.48. The molecule has 3 rings (SSSR count). The van der Waals surface area contributed by atoms with Gasteiger partial charge in [-0.25, -0.2) is 0 Å². The molecule has 1 N–H and O–H groups in total. The number of rotatable bonds is 1. The van der Waals surface area contributed by atoms with E-state index in [-0.39, 0.29) is 17.9 Å². The molecule has 3 saturated carbocycles. The number of halogens is 4. The number of nitrogens with one attached hydrogen (secondary N) is 1. The Bertz CT molecular complexity index is 182. The first-order valence-corrected chi connectivity index (χ1v) is 3.69. The molecule has 0 heterocycles. The highest BCUT2D eigenvalue weighted by Crippen LogP contribution is 2.73. The van der Waals surface area contributed by atoms with Crippen molar-refractivity contribution in [2.45, 2.75) is 31.0 Å². The predicted octanol–water partition coefficient (Wildman–Crippen LogP) is 2.11. The van der Waals surface area contributed by atoms with Crippen LogP contribution in [0.25, 0.3) is 0 Å². The van der Waals surface area contributed by atoms with E-state index >= 15 is 0 Å². The summed E-state index contributed by atoms with van der Waals surface area (Å²) in [5, 5.41) is 2.94. The maximum Gasteiger partial charge on any atom is 0.394 e. The molecule has 0 saturated heterocycles. The molecule has 0 radical (unpaired) electrons. The second kappa shape index (κ2) is 2.29. The molecule has 0 atom stereocenters. The molecule has 5 heteroatoms. The van der Waals surface area contributed by atoms with Gasteiger partial charge in [0.25, 0.3) is 0 Å². The molecule has 3 fully saturated rings. The van der Waals surface area contributed by atoms with Crippen molar-refractivity contribution in [2.75, 3.05) is 7.05 Å². The molecule has 0 aromatic carbocycles. The Balaban J connectivity index is 0.000000720. The Morgan fingerprint density at radius 2 is 1.58 bits per heavy atom. The van der Waals surface area contributed by atoms with Crippen LogP contribution >= 0.6 is 12.4 Å². The molecule has 0 aliphatic heterocycles. The first-order valence-electron chi connectivity index (χ1n) is 3.69. The van der Waals surface area contributed by atoms with Crippen molar-refractivity contribution in [3.63, 3.8) is 0 Å². The fourth-order valence-electron chi connectivity index (χ4n) is 2.35. The van der Waals surface area contributed by atoms with Gasteiger partial charge in [-0.15, -0.1) is 12.4 Å². The molecule has 3 aliphatic carbocycles. The largest absolute Gasteiger partial charge is 0.394 e. The number of hydrogen-bond donors (Lipinski definition) is 1. The van der Waals surface area contributed by atoms with Crippen LogP contribution in [0.1, 0.15) is 19.3 Å². The molecule has 12 heavy (non-hydrogen) atoms. The quantitative estimate of drug-likeness (QED) is 0.685.